The molecule has 2 unspecified atom stereocenters. The second-order valence-corrected chi connectivity index (χ2v) is 12.8. The summed E-state index contributed by atoms with van der Waals surface area (Å²) in [7, 11) is 0. The molecule has 8 rings (SSSR count). The number of hydrogen-bond donors (Lipinski definition) is 2. The smallest absolute Gasteiger partial charge is 0.319 e. The third-order valence-electron chi connectivity index (χ3n) is 10.0. The van der Waals surface area contributed by atoms with E-state index in [0.29, 0.717) is 50.0 Å². The van der Waals surface area contributed by atoms with E-state index in [-0.39, 0.29) is 70.0 Å². The van der Waals surface area contributed by atoms with Crippen LogP contribution in [0.3, 0.4) is 0 Å². The van der Waals surface area contributed by atoms with Crippen LogP contribution in [0.25, 0.3) is 32.9 Å². The van der Waals surface area contributed by atoms with E-state index < -0.39 is 29.4 Å². The average Bonchev–Trinajstić information content (AvgIpc) is 3.43. The van der Waals surface area contributed by atoms with Crippen molar-refractivity contribution >= 4 is 27.5 Å². The molecule has 0 aliphatic carbocycles. The van der Waals surface area contributed by atoms with Crippen LogP contribution < -0.4 is 14.4 Å². The molecule has 12 heteroatoms. The Morgan fingerprint density at radius 2 is 2.00 bits per heavy atom. The Labute approximate surface area is 263 Å². The Morgan fingerprint density at radius 3 is 2.85 bits per heavy atom. The number of nitrogens with zero attached hydrogens (tertiary/aromatic N) is 5. The van der Waals surface area contributed by atoms with Gasteiger partial charge in [0.05, 0.1) is 23.2 Å². The standard InChI is InChI=1S/C34H32F3N5O4/c1-2-23-25(36)7-6-18-11-22(44)13-24(26(18)23)29-28(37)30-27-31(42-10-3-5-21(43)12-20(42)16-45-32(27)38-29)40-33(39-30)46-17-34-8-4-9-41(34)15-19(35)14-34/h1,6-7,11,13,19-21,43-44H,3-5,8-10,12,14-17H2/t19-,20?,21?,34+/m1/s1. The number of ether oxygens (including phenoxy) is 2. The molecular formula is C34H32F3N5O4. The minimum Gasteiger partial charge on any atom is -0.508 e. The van der Waals surface area contributed by atoms with Gasteiger partial charge in [0.15, 0.2) is 5.82 Å². The maximum Gasteiger partial charge on any atom is 0.319 e. The summed E-state index contributed by atoms with van der Waals surface area (Å²) in [6, 6.07) is 4.98. The molecule has 3 saturated heterocycles. The zero-order valence-electron chi connectivity index (χ0n) is 25.0. The van der Waals surface area contributed by atoms with Crippen LogP contribution in [0.1, 0.15) is 44.1 Å². The minimum absolute atomic E-state index is 0.0577. The molecule has 9 nitrogen and oxygen atoms in total. The van der Waals surface area contributed by atoms with Crippen molar-refractivity contribution in [2.45, 2.75) is 62.4 Å². The van der Waals surface area contributed by atoms with Gasteiger partial charge < -0.3 is 24.6 Å². The van der Waals surface area contributed by atoms with Crippen molar-refractivity contribution in [2.24, 2.45) is 0 Å². The van der Waals surface area contributed by atoms with Crippen LogP contribution in [0.2, 0.25) is 0 Å². The van der Waals surface area contributed by atoms with E-state index in [0.717, 1.165) is 19.4 Å². The molecule has 238 valence electrons. The van der Waals surface area contributed by atoms with Crippen molar-refractivity contribution in [3.05, 3.63) is 41.5 Å². The number of halogens is 3. The van der Waals surface area contributed by atoms with Crippen molar-refractivity contribution in [3.63, 3.8) is 0 Å². The quantitative estimate of drug-likeness (QED) is 0.305. The molecular weight excluding hydrogens is 599 g/mol. The van der Waals surface area contributed by atoms with Crippen molar-refractivity contribution < 1.29 is 32.9 Å². The zero-order valence-corrected chi connectivity index (χ0v) is 25.0. The fraction of sp³-hybridized carbons (Fsp3) is 0.441. The Bertz CT molecular complexity index is 1940. The molecule has 4 aliphatic heterocycles. The van der Waals surface area contributed by atoms with Crippen LogP contribution in [-0.2, 0) is 0 Å². The van der Waals surface area contributed by atoms with Crippen LogP contribution >= 0.6 is 0 Å². The van der Waals surface area contributed by atoms with E-state index in [4.69, 9.17) is 20.9 Å². The van der Waals surface area contributed by atoms with Crippen LogP contribution in [0.5, 0.6) is 17.6 Å². The molecule has 0 amide bonds. The van der Waals surface area contributed by atoms with Crippen molar-refractivity contribution in [1.82, 2.24) is 19.9 Å². The van der Waals surface area contributed by atoms with E-state index in [9.17, 15) is 19.0 Å². The van der Waals surface area contributed by atoms with Crippen LogP contribution in [0.15, 0.2) is 24.3 Å². The first-order chi connectivity index (χ1) is 22.2. The molecule has 0 spiro atoms. The molecule has 6 heterocycles. The molecule has 4 aliphatic rings. The molecule has 0 saturated carbocycles. The number of terminal acetylenes is 1. The summed E-state index contributed by atoms with van der Waals surface area (Å²) < 4.78 is 58.8. The van der Waals surface area contributed by atoms with Crippen LogP contribution in [-0.4, -0.2) is 86.8 Å². The number of aliphatic hydroxyl groups is 1. The van der Waals surface area contributed by atoms with E-state index in [1.54, 1.807) is 0 Å². The van der Waals surface area contributed by atoms with Gasteiger partial charge in [-0.3, -0.25) is 4.90 Å². The molecule has 3 fully saturated rings. The SMILES string of the molecule is C#Cc1c(F)ccc2cc(O)cc(-c3nc4c5c(nc(OC[C@@]67CCCN6C[C@H](F)C7)nc5c3F)N3CCCC(O)CC3CO4)c12. The number of phenols is 1. The Morgan fingerprint density at radius 1 is 1.13 bits per heavy atom. The molecule has 0 radical (unpaired) electrons. The van der Waals surface area contributed by atoms with Gasteiger partial charge in [0, 0.05) is 30.5 Å². The van der Waals surface area contributed by atoms with Crippen molar-refractivity contribution in [1.29, 1.82) is 0 Å². The van der Waals surface area contributed by atoms with Gasteiger partial charge in [-0.25, -0.2) is 18.2 Å². The number of aliphatic hydroxyl groups excluding tert-OH is 1. The number of rotatable bonds is 4. The maximum atomic E-state index is 16.9. The highest BCUT2D eigenvalue weighted by Gasteiger charge is 2.49. The lowest BCUT2D eigenvalue weighted by molar-refractivity contribution is 0.107. The number of benzene rings is 2. The van der Waals surface area contributed by atoms with Gasteiger partial charge in [-0.15, -0.1) is 6.42 Å². The van der Waals surface area contributed by atoms with Crippen molar-refractivity contribution in [3.8, 4) is 41.2 Å². The summed E-state index contributed by atoms with van der Waals surface area (Å²) in [5.41, 5.74) is -0.878. The summed E-state index contributed by atoms with van der Waals surface area (Å²) in [5, 5.41) is 22.1. The molecule has 46 heavy (non-hydrogen) atoms. The fourth-order valence-corrected chi connectivity index (χ4v) is 7.91. The topological polar surface area (TPSA) is 104 Å². The molecule has 2 aromatic carbocycles. The predicted molar refractivity (Wildman–Crippen MR) is 165 cm³/mol. The van der Waals surface area contributed by atoms with Gasteiger partial charge in [-0.1, -0.05) is 12.0 Å². The van der Waals surface area contributed by atoms with Gasteiger partial charge in [0.2, 0.25) is 5.88 Å². The maximum absolute atomic E-state index is 16.9. The third kappa shape index (κ3) is 4.59. The second kappa shape index (κ2) is 10.9. The summed E-state index contributed by atoms with van der Waals surface area (Å²) >= 11 is 0. The second-order valence-electron chi connectivity index (χ2n) is 12.8. The number of alkyl halides is 1. The van der Waals surface area contributed by atoms with E-state index in [1.807, 2.05) is 4.90 Å². The molecule has 4 atom stereocenters. The summed E-state index contributed by atoms with van der Waals surface area (Å²) in [6.45, 7) is 1.95. The van der Waals surface area contributed by atoms with Gasteiger partial charge in [-0.2, -0.15) is 9.97 Å². The number of hydrogen-bond acceptors (Lipinski definition) is 9. The fourth-order valence-electron chi connectivity index (χ4n) is 7.91. The van der Waals surface area contributed by atoms with Gasteiger partial charge in [0.25, 0.3) is 0 Å². The van der Waals surface area contributed by atoms with Gasteiger partial charge in [-0.05, 0) is 62.2 Å². The van der Waals surface area contributed by atoms with E-state index in [1.165, 1.54) is 24.3 Å². The normalized spacial score (nSPS) is 25.9. The van der Waals surface area contributed by atoms with Gasteiger partial charge >= 0.3 is 6.01 Å². The summed E-state index contributed by atoms with van der Waals surface area (Å²) in [4.78, 5) is 18.0. The van der Waals surface area contributed by atoms with E-state index >= 15 is 4.39 Å². The third-order valence-corrected chi connectivity index (χ3v) is 10.0. The van der Waals surface area contributed by atoms with Crippen LogP contribution in [0, 0.1) is 24.0 Å². The number of anilines is 1. The number of pyridine rings is 1. The minimum atomic E-state index is -0.948. The van der Waals surface area contributed by atoms with Crippen molar-refractivity contribution in [2.75, 3.05) is 37.7 Å². The highest BCUT2D eigenvalue weighted by molar-refractivity contribution is 6.04. The Hall–Kier alpha value is -4.34. The lowest BCUT2D eigenvalue weighted by Gasteiger charge is -2.31. The zero-order chi connectivity index (χ0) is 31.7. The number of aromatic nitrogens is 3. The first-order valence-corrected chi connectivity index (χ1v) is 15.7. The highest BCUT2D eigenvalue weighted by atomic mass is 19.1. The lowest BCUT2D eigenvalue weighted by Crippen LogP contribution is -2.43. The lowest BCUT2D eigenvalue weighted by atomic mass is 9.95. The summed E-state index contributed by atoms with van der Waals surface area (Å²) in [5.74, 6) is 1.07. The van der Waals surface area contributed by atoms with E-state index in [2.05, 4.69) is 20.8 Å². The predicted octanol–water partition coefficient (Wildman–Crippen LogP) is 4.88. The monoisotopic (exact) mass is 631 g/mol. The molecule has 4 aromatic rings. The van der Waals surface area contributed by atoms with Gasteiger partial charge in [0.1, 0.15) is 53.4 Å². The Kier molecular flexibility index (Phi) is 6.88. The number of aromatic hydroxyl groups is 1. The summed E-state index contributed by atoms with van der Waals surface area (Å²) in [6.07, 6.45) is 7.93. The Balaban J connectivity index is 1.33. The molecule has 2 aromatic heterocycles. The molecule has 2 N–H and O–H groups in total. The highest BCUT2D eigenvalue weighted by Crippen LogP contribution is 2.45. The first kappa shape index (κ1) is 29.1. The molecule has 0 bridgehead atoms. The number of phenolic OH excluding ortho intramolecular Hbond substituents is 1. The first-order valence-electron chi connectivity index (χ1n) is 15.7. The number of fused-ring (bicyclic) bond motifs is 4. The largest absolute Gasteiger partial charge is 0.508 e. The average molecular weight is 632 g/mol. The van der Waals surface area contributed by atoms with Crippen LogP contribution in [0.4, 0.5) is 19.0 Å².